The lowest BCUT2D eigenvalue weighted by Gasteiger charge is -2.34. The zero-order valence-electron chi connectivity index (χ0n) is 18.7. The van der Waals surface area contributed by atoms with Gasteiger partial charge in [0.15, 0.2) is 0 Å². The number of carbonyl (C=O) groups is 3. The SMILES string of the molecule is CC(C)CC(=O)C(=O)NC12C(=O)c3cccc([N+](=O)[O-])c3C1(O)Oc1cc(C(C)C)ccc12. The van der Waals surface area contributed by atoms with Gasteiger partial charge in [-0.1, -0.05) is 52.0 Å². The first-order valence-electron chi connectivity index (χ1n) is 10.7. The molecule has 0 radical (unpaired) electrons. The van der Waals surface area contributed by atoms with Gasteiger partial charge >= 0.3 is 0 Å². The van der Waals surface area contributed by atoms with Gasteiger partial charge in [0.1, 0.15) is 11.3 Å². The summed E-state index contributed by atoms with van der Waals surface area (Å²) in [4.78, 5) is 50.2. The molecule has 1 aliphatic heterocycles. The maximum Gasteiger partial charge on any atom is 0.288 e. The number of aliphatic hydroxyl groups is 1. The van der Waals surface area contributed by atoms with Crippen LogP contribution in [0.5, 0.6) is 5.75 Å². The molecule has 2 N–H and O–H groups in total. The summed E-state index contributed by atoms with van der Waals surface area (Å²) in [5.41, 5.74) is -2.29. The first kappa shape index (κ1) is 22.6. The molecule has 1 aliphatic carbocycles. The second-order valence-corrected chi connectivity index (χ2v) is 9.17. The number of hydrogen-bond donors (Lipinski definition) is 2. The van der Waals surface area contributed by atoms with E-state index in [1.165, 1.54) is 12.1 Å². The second-order valence-electron chi connectivity index (χ2n) is 9.17. The van der Waals surface area contributed by atoms with Crippen LogP contribution in [0.15, 0.2) is 36.4 Å². The van der Waals surface area contributed by atoms with Crippen molar-refractivity contribution in [2.45, 2.75) is 51.4 Å². The largest absolute Gasteiger partial charge is 0.454 e. The van der Waals surface area contributed by atoms with E-state index >= 15 is 0 Å². The number of nitro benzene ring substituents is 1. The van der Waals surface area contributed by atoms with Crippen LogP contribution in [-0.4, -0.2) is 27.5 Å². The Hall–Kier alpha value is -3.59. The highest BCUT2D eigenvalue weighted by Gasteiger charge is 2.73. The monoisotopic (exact) mass is 452 g/mol. The summed E-state index contributed by atoms with van der Waals surface area (Å²) in [5.74, 6) is -5.15. The Kier molecular flexibility index (Phi) is 5.12. The standard InChI is InChI=1S/C24H24N2O7/c1-12(2)10-18(27)22(29)25-23-16-9-8-14(13(3)4)11-19(16)33-24(23,30)20-15(21(23)28)6-5-7-17(20)26(31)32/h5-9,11-13,30H,10H2,1-4H3,(H,25,29). The van der Waals surface area contributed by atoms with Gasteiger partial charge in [-0.25, -0.2) is 0 Å². The van der Waals surface area contributed by atoms with Crippen LogP contribution in [0.25, 0.3) is 0 Å². The third-order valence-electron chi connectivity index (χ3n) is 6.15. The molecule has 9 heteroatoms. The summed E-state index contributed by atoms with van der Waals surface area (Å²) >= 11 is 0. The van der Waals surface area contributed by atoms with Gasteiger partial charge in [-0.3, -0.25) is 24.5 Å². The number of rotatable bonds is 6. The fraction of sp³-hybridized carbons (Fsp3) is 0.375. The molecule has 172 valence electrons. The maximum atomic E-state index is 13.8. The third-order valence-corrected chi connectivity index (χ3v) is 6.15. The molecule has 2 unspecified atom stereocenters. The van der Waals surface area contributed by atoms with Gasteiger partial charge in [-0.2, -0.15) is 0 Å². The van der Waals surface area contributed by atoms with E-state index in [-0.39, 0.29) is 40.7 Å². The van der Waals surface area contributed by atoms with Crippen LogP contribution in [0.3, 0.4) is 0 Å². The highest BCUT2D eigenvalue weighted by molar-refractivity contribution is 6.37. The van der Waals surface area contributed by atoms with Crippen LogP contribution in [0, 0.1) is 16.0 Å². The Morgan fingerprint density at radius 1 is 1.18 bits per heavy atom. The molecule has 0 saturated heterocycles. The van der Waals surface area contributed by atoms with Crippen molar-refractivity contribution in [2.24, 2.45) is 5.92 Å². The first-order chi connectivity index (χ1) is 15.4. The van der Waals surface area contributed by atoms with Crippen molar-refractivity contribution in [3.05, 3.63) is 68.8 Å². The van der Waals surface area contributed by atoms with Gasteiger partial charge in [-0.15, -0.1) is 0 Å². The van der Waals surface area contributed by atoms with Gasteiger partial charge in [0.2, 0.25) is 17.1 Å². The first-order valence-corrected chi connectivity index (χ1v) is 10.7. The quantitative estimate of drug-likeness (QED) is 0.390. The van der Waals surface area contributed by atoms with Crippen molar-refractivity contribution < 1.29 is 29.2 Å². The van der Waals surface area contributed by atoms with Crippen molar-refractivity contribution in [2.75, 3.05) is 0 Å². The normalized spacial score (nSPS) is 22.6. The van der Waals surface area contributed by atoms with E-state index in [1.54, 1.807) is 32.0 Å². The number of Topliss-reactive ketones (excluding diaryl/α,β-unsaturated/α-hetero) is 2. The number of nitrogens with zero attached hydrogens (tertiary/aromatic N) is 1. The van der Waals surface area contributed by atoms with Crippen LogP contribution in [0.2, 0.25) is 0 Å². The third kappa shape index (κ3) is 3.06. The number of nitro groups is 1. The Balaban J connectivity index is 1.96. The number of carbonyl (C=O) groups excluding carboxylic acids is 3. The topological polar surface area (TPSA) is 136 Å². The number of ketones is 2. The maximum absolute atomic E-state index is 13.8. The molecule has 2 aromatic rings. The molecule has 0 fully saturated rings. The number of nitrogens with one attached hydrogen (secondary N) is 1. The summed E-state index contributed by atoms with van der Waals surface area (Å²) in [6, 6.07) is 8.70. The van der Waals surface area contributed by atoms with Gasteiger partial charge in [-0.05, 0) is 23.5 Å². The molecule has 1 amide bonds. The van der Waals surface area contributed by atoms with Crippen LogP contribution >= 0.6 is 0 Å². The van der Waals surface area contributed by atoms with Crippen LogP contribution < -0.4 is 10.1 Å². The fourth-order valence-electron chi connectivity index (χ4n) is 4.58. The minimum Gasteiger partial charge on any atom is -0.454 e. The minimum atomic E-state index is -2.60. The van der Waals surface area contributed by atoms with Crippen LogP contribution in [0.4, 0.5) is 5.69 Å². The molecule has 0 aromatic heterocycles. The molecule has 0 bridgehead atoms. The van der Waals surface area contributed by atoms with E-state index in [1.807, 2.05) is 13.8 Å². The van der Waals surface area contributed by atoms with Gasteiger partial charge < -0.3 is 15.2 Å². The molecule has 4 rings (SSSR count). The predicted molar refractivity (Wildman–Crippen MR) is 117 cm³/mol. The fourth-order valence-corrected chi connectivity index (χ4v) is 4.58. The lowest BCUT2D eigenvalue weighted by Crippen LogP contribution is -2.61. The highest BCUT2D eigenvalue weighted by atomic mass is 16.6. The number of hydrogen-bond acceptors (Lipinski definition) is 7. The summed E-state index contributed by atoms with van der Waals surface area (Å²) in [6.45, 7) is 7.42. The zero-order chi connectivity index (χ0) is 24.3. The molecule has 2 aliphatic rings. The number of amides is 1. The molecule has 2 aromatic carbocycles. The lowest BCUT2D eigenvalue weighted by molar-refractivity contribution is -0.388. The van der Waals surface area contributed by atoms with E-state index in [2.05, 4.69) is 5.32 Å². The average molecular weight is 452 g/mol. The van der Waals surface area contributed by atoms with E-state index in [9.17, 15) is 29.6 Å². The molecule has 1 heterocycles. The van der Waals surface area contributed by atoms with Gasteiger partial charge in [0, 0.05) is 23.6 Å². The van der Waals surface area contributed by atoms with Crippen molar-refractivity contribution in [1.82, 2.24) is 5.32 Å². The lowest BCUT2D eigenvalue weighted by atomic mass is 9.82. The van der Waals surface area contributed by atoms with Crippen molar-refractivity contribution >= 4 is 23.2 Å². The van der Waals surface area contributed by atoms with Crippen LogP contribution in [-0.2, 0) is 20.9 Å². The summed E-state index contributed by atoms with van der Waals surface area (Å²) in [5, 5.41) is 26.0. The van der Waals surface area contributed by atoms with E-state index < -0.39 is 39.4 Å². The van der Waals surface area contributed by atoms with E-state index in [0.717, 1.165) is 11.6 Å². The molecule has 33 heavy (non-hydrogen) atoms. The Bertz CT molecular complexity index is 1220. The molecule has 0 spiro atoms. The predicted octanol–water partition coefficient (Wildman–Crippen LogP) is 3.08. The zero-order valence-corrected chi connectivity index (χ0v) is 18.7. The molecule has 0 saturated carbocycles. The van der Waals surface area contributed by atoms with Gasteiger partial charge in [0.05, 0.1) is 4.92 Å². The Labute approximate surface area is 189 Å². The van der Waals surface area contributed by atoms with E-state index in [0.29, 0.717) is 0 Å². The summed E-state index contributed by atoms with van der Waals surface area (Å²) < 4.78 is 5.87. The van der Waals surface area contributed by atoms with Crippen molar-refractivity contribution in [3.8, 4) is 5.75 Å². The van der Waals surface area contributed by atoms with Crippen molar-refractivity contribution in [1.29, 1.82) is 0 Å². The summed E-state index contributed by atoms with van der Waals surface area (Å²) in [6.07, 6.45) is -0.0678. The van der Waals surface area contributed by atoms with Crippen LogP contribution in [0.1, 0.15) is 67.1 Å². The molecular weight excluding hydrogens is 428 g/mol. The Morgan fingerprint density at radius 2 is 1.88 bits per heavy atom. The minimum absolute atomic E-state index is 0.0678. The smallest absolute Gasteiger partial charge is 0.288 e. The molecule has 2 atom stereocenters. The average Bonchev–Trinajstić information content (AvgIpc) is 3.09. The Morgan fingerprint density at radius 3 is 2.48 bits per heavy atom. The number of ether oxygens (including phenoxy) is 1. The summed E-state index contributed by atoms with van der Waals surface area (Å²) in [7, 11) is 0. The van der Waals surface area contributed by atoms with E-state index in [4.69, 9.17) is 4.74 Å². The number of benzene rings is 2. The van der Waals surface area contributed by atoms with Gasteiger partial charge in [0.25, 0.3) is 17.4 Å². The highest BCUT2D eigenvalue weighted by Crippen LogP contribution is 2.60. The number of fused-ring (bicyclic) bond motifs is 5. The molecular formula is C24H24N2O7. The second kappa shape index (κ2) is 7.48. The van der Waals surface area contributed by atoms with Crippen molar-refractivity contribution in [3.63, 3.8) is 0 Å². The molecule has 9 nitrogen and oxygen atoms in total.